The van der Waals surface area contributed by atoms with Crippen molar-refractivity contribution in [2.45, 2.75) is 70.2 Å². The summed E-state index contributed by atoms with van der Waals surface area (Å²) < 4.78 is 21.6. The largest absolute Gasteiger partial charge is 0.459 e. The van der Waals surface area contributed by atoms with Crippen molar-refractivity contribution in [3.05, 3.63) is 12.2 Å². The van der Waals surface area contributed by atoms with E-state index >= 15 is 0 Å². The Morgan fingerprint density at radius 3 is 2.59 bits per heavy atom. The van der Waals surface area contributed by atoms with E-state index in [9.17, 15) is 19.2 Å². The highest BCUT2D eigenvalue weighted by molar-refractivity contribution is 6.03. The fourth-order valence-corrected chi connectivity index (χ4v) is 5.40. The molecule has 4 aliphatic rings. The zero-order valence-electron chi connectivity index (χ0n) is 16.7. The van der Waals surface area contributed by atoms with Gasteiger partial charge in [0.2, 0.25) is 0 Å². The molecule has 8 heteroatoms. The Kier molecular flexibility index (Phi) is 4.70. The molecule has 158 valence electrons. The minimum Gasteiger partial charge on any atom is -0.459 e. The van der Waals surface area contributed by atoms with Crippen LogP contribution in [0.2, 0.25) is 0 Å². The lowest BCUT2D eigenvalue weighted by Gasteiger charge is -2.33. The van der Waals surface area contributed by atoms with E-state index in [1.807, 2.05) is 6.92 Å². The van der Waals surface area contributed by atoms with Crippen LogP contribution in [0.1, 0.15) is 52.4 Å². The number of esters is 4. The van der Waals surface area contributed by atoms with Crippen molar-refractivity contribution in [2.75, 3.05) is 6.61 Å². The molecule has 1 saturated heterocycles. The van der Waals surface area contributed by atoms with Crippen molar-refractivity contribution in [2.24, 2.45) is 17.3 Å². The first-order valence-corrected chi connectivity index (χ1v) is 10.1. The molecule has 3 saturated carbocycles. The Morgan fingerprint density at radius 2 is 1.93 bits per heavy atom. The summed E-state index contributed by atoms with van der Waals surface area (Å²) in [7, 11) is 0. The van der Waals surface area contributed by atoms with Gasteiger partial charge in [-0.05, 0) is 52.4 Å². The molecular weight excluding hydrogens is 380 g/mol. The van der Waals surface area contributed by atoms with Gasteiger partial charge in [0.15, 0.2) is 12.0 Å². The molecule has 2 bridgehead atoms. The van der Waals surface area contributed by atoms with Crippen molar-refractivity contribution in [1.29, 1.82) is 0 Å². The summed E-state index contributed by atoms with van der Waals surface area (Å²) in [6, 6.07) is 0. The van der Waals surface area contributed by atoms with E-state index in [1.54, 1.807) is 0 Å². The van der Waals surface area contributed by atoms with Crippen LogP contribution in [0, 0.1) is 17.3 Å². The van der Waals surface area contributed by atoms with Gasteiger partial charge >= 0.3 is 23.9 Å². The normalized spacial score (nSPS) is 35.9. The zero-order chi connectivity index (χ0) is 21.0. The topological polar surface area (TPSA) is 105 Å². The highest BCUT2D eigenvalue weighted by Crippen LogP contribution is 2.63. The van der Waals surface area contributed by atoms with Gasteiger partial charge in [0, 0.05) is 17.4 Å². The van der Waals surface area contributed by atoms with Crippen LogP contribution in [0.5, 0.6) is 0 Å². The lowest BCUT2D eigenvalue weighted by molar-refractivity contribution is -0.176. The summed E-state index contributed by atoms with van der Waals surface area (Å²) in [4.78, 5) is 49.3. The van der Waals surface area contributed by atoms with E-state index in [2.05, 4.69) is 6.58 Å². The minimum absolute atomic E-state index is 0.166. The number of carbonyl (C=O) groups is 4. The third kappa shape index (κ3) is 3.13. The monoisotopic (exact) mass is 406 g/mol. The molecule has 4 fully saturated rings. The fraction of sp³-hybridized carbons (Fsp3) is 0.714. The first-order valence-electron chi connectivity index (χ1n) is 10.1. The smallest absolute Gasteiger partial charge is 0.344 e. The Morgan fingerprint density at radius 1 is 1.24 bits per heavy atom. The summed E-state index contributed by atoms with van der Waals surface area (Å²) in [6.07, 6.45) is 3.12. The standard InChI is InChI=1S/C21H26O8/c1-11(2)17(23)26-10-14(22)27-15-12-8-13-16(15)28-18(24)21(13,9-12)19(25)29-20(3)6-4-5-7-20/h12-13,15-16H,1,4-10H2,2-3H3. The van der Waals surface area contributed by atoms with Crippen molar-refractivity contribution in [3.8, 4) is 0 Å². The molecule has 0 N–H and O–H groups in total. The van der Waals surface area contributed by atoms with Gasteiger partial charge in [-0.15, -0.1) is 0 Å². The third-order valence-electron chi connectivity index (χ3n) is 6.87. The number of ether oxygens (including phenoxy) is 4. The van der Waals surface area contributed by atoms with E-state index in [0.717, 1.165) is 25.7 Å². The third-order valence-corrected chi connectivity index (χ3v) is 6.87. The number of fused-ring (bicyclic) bond motifs is 1. The van der Waals surface area contributed by atoms with E-state index in [4.69, 9.17) is 18.9 Å². The van der Waals surface area contributed by atoms with Crippen LogP contribution < -0.4 is 0 Å². The van der Waals surface area contributed by atoms with Gasteiger partial charge in [0.25, 0.3) is 0 Å². The van der Waals surface area contributed by atoms with Crippen molar-refractivity contribution >= 4 is 23.9 Å². The highest BCUT2D eigenvalue weighted by Gasteiger charge is 2.75. The van der Waals surface area contributed by atoms with E-state index in [1.165, 1.54) is 6.92 Å². The minimum atomic E-state index is -1.28. The molecule has 5 atom stereocenters. The summed E-state index contributed by atoms with van der Waals surface area (Å²) in [5, 5.41) is 0. The molecule has 0 radical (unpaired) electrons. The zero-order valence-corrected chi connectivity index (χ0v) is 16.7. The molecule has 5 unspecified atom stereocenters. The molecular formula is C21H26O8. The maximum atomic E-state index is 13.1. The van der Waals surface area contributed by atoms with Crippen molar-refractivity contribution in [3.63, 3.8) is 0 Å². The van der Waals surface area contributed by atoms with Crippen LogP contribution in [0.15, 0.2) is 12.2 Å². The Bertz CT molecular complexity index is 780. The number of hydrogen-bond donors (Lipinski definition) is 0. The summed E-state index contributed by atoms with van der Waals surface area (Å²) in [6.45, 7) is 6.30. The van der Waals surface area contributed by atoms with Crippen LogP contribution in [0.4, 0.5) is 0 Å². The second-order valence-electron chi connectivity index (χ2n) is 9.01. The summed E-state index contributed by atoms with van der Waals surface area (Å²) in [5.74, 6) is -2.98. The molecule has 0 amide bonds. The molecule has 1 aliphatic heterocycles. The van der Waals surface area contributed by atoms with E-state index < -0.39 is 53.7 Å². The fourth-order valence-electron chi connectivity index (χ4n) is 5.40. The molecule has 0 aromatic rings. The summed E-state index contributed by atoms with van der Waals surface area (Å²) in [5.41, 5.74) is -1.62. The van der Waals surface area contributed by atoms with Gasteiger partial charge in [-0.3, -0.25) is 9.59 Å². The van der Waals surface area contributed by atoms with Gasteiger partial charge in [0.1, 0.15) is 17.8 Å². The van der Waals surface area contributed by atoms with Gasteiger partial charge in [0.05, 0.1) is 0 Å². The van der Waals surface area contributed by atoms with Crippen LogP contribution >= 0.6 is 0 Å². The lowest BCUT2D eigenvalue weighted by atomic mass is 9.73. The molecule has 8 nitrogen and oxygen atoms in total. The predicted octanol–water partition coefficient (Wildman–Crippen LogP) is 1.84. The second kappa shape index (κ2) is 6.85. The molecule has 0 aromatic heterocycles. The number of rotatable bonds is 6. The first kappa shape index (κ1) is 19.9. The van der Waals surface area contributed by atoms with Crippen LogP contribution in [-0.2, 0) is 38.1 Å². The van der Waals surface area contributed by atoms with Crippen LogP contribution in [0.3, 0.4) is 0 Å². The van der Waals surface area contributed by atoms with E-state index in [-0.39, 0.29) is 23.8 Å². The molecule has 0 spiro atoms. The first-order chi connectivity index (χ1) is 13.7. The predicted molar refractivity (Wildman–Crippen MR) is 97.1 cm³/mol. The average Bonchev–Trinajstić information content (AvgIpc) is 3.37. The Hall–Kier alpha value is -2.38. The van der Waals surface area contributed by atoms with Gasteiger partial charge in [-0.25, -0.2) is 9.59 Å². The van der Waals surface area contributed by atoms with Crippen LogP contribution in [0.25, 0.3) is 0 Å². The molecule has 1 heterocycles. The number of carbonyl (C=O) groups excluding carboxylic acids is 4. The van der Waals surface area contributed by atoms with Gasteiger partial charge in [-0.2, -0.15) is 0 Å². The maximum Gasteiger partial charge on any atom is 0.344 e. The quantitative estimate of drug-likeness (QED) is 0.285. The highest BCUT2D eigenvalue weighted by atomic mass is 16.6. The van der Waals surface area contributed by atoms with Crippen molar-refractivity contribution < 1.29 is 38.1 Å². The van der Waals surface area contributed by atoms with Crippen LogP contribution in [-0.4, -0.2) is 48.3 Å². The molecule has 4 rings (SSSR count). The summed E-state index contributed by atoms with van der Waals surface area (Å²) >= 11 is 0. The second-order valence-corrected chi connectivity index (χ2v) is 9.01. The lowest BCUT2D eigenvalue weighted by Crippen LogP contribution is -2.47. The van der Waals surface area contributed by atoms with Gasteiger partial charge in [-0.1, -0.05) is 6.58 Å². The Labute approximate surface area is 168 Å². The average molecular weight is 406 g/mol. The van der Waals surface area contributed by atoms with Gasteiger partial charge < -0.3 is 18.9 Å². The molecule has 0 aromatic carbocycles. The molecule has 3 aliphatic carbocycles. The Balaban J connectivity index is 1.41. The molecule has 29 heavy (non-hydrogen) atoms. The number of hydrogen-bond acceptors (Lipinski definition) is 8. The SMILES string of the molecule is C=C(C)C(=O)OCC(=O)OC1C2CC3C1OC(=O)C3(C(=O)OC1(C)CCCC1)C2. The van der Waals surface area contributed by atoms with E-state index in [0.29, 0.717) is 6.42 Å². The maximum absolute atomic E-state index is 13.1. The van der Waals surface area contributed by atoms with Crippen molar-refractivity contribution in [1.82, 2.24) is 0 Å².